The standard InChI is InChI=1S/C13H9ClN4S/c14-11-2-1-10-13(18-11)9(7-19-10)8-5-16-12(3-4-15)17-6-8/h1-7H,15H2/b4-3-. The Kier molecular flexibility index (Phi) is 3.15. The van der Waals surface area contributed by atoms with Gasteiger partial charge in [0.05, 0.1) is 10.2 Å². The Morgan fingerprint density at radius 1 is 1.21 bits per heavy atom. The Morgan fingerprint density at radius 3 is 2.74 bits per heavy atom. The fourth-order valence-corrected chi connectivity index (χ4v) is 2.80. The number of rotatable bonds is 2. The van der Waals surface area contributed by atoms with E-state index in [1.54, 1.807) is 35.9 Å². The summed E-state index contributed by atoms with van der Waals surface area (Å²) < 4.78 is 1.09. The second-order valence-corrected chi connectivity index (χ2v) is 5.12. The fraction of sp³-hybridized carbons (Fsp3) is 0. The topological polar surface area (TPSA) is 64.7 Å². The second-order valence-electron chi connectivity index (χ2n) is 3.82. The molecule has 0 radical (unpaired) electrons. The third kappa shape index (κ3) is 2.30. The molecule has 4 nitrogen and oxygen atoms in total. The van der Waals surface area contributed by atoms with Gasteiger partial charge in [0.25, 0.3) is 0 Å². The van der Waals surface area contributed by atoms with Gasteiger partial charge in [0.2, 0.25) is 0 Å². The van der Waals surface area contributed by atoms with Crippen molar-refractivity contribution in [2.45, 2.75) is 0 Å². The van der Waals surface area contributed by atoms with Gasteiger partial charge in [-0.2, -0.15) is 0 Å². The van der Waals surface area contributed by atoms with Gasteiger partial charge in [-0.1, -0.05) is 11.6 Å². The maximum atomic E-state index is 5.94. The summed E-state index contributed by atoms with van der Waals surface area (Å²) in [7, 11) is 0. The molecule has 2 N–H and O–H groups in total. The van der Waals surface area contributed by atoms with E-state index in [-0.39, 0.29) is 0 Å². The van der Waals surface area contributed by atoms with Crippen LogP contribution in [0.5, 0.6) is 0 Å². The lowest BCUT2D eigenvalue weighted by Crippen LogP contribution is -1.89. The lowest BCUT2D eigenvalue weighted by molar-refractivity contribution is 1.14. The zero-order chi connectivity index (χ0) is 13.2. The quantitative estimate of drug-likeness (QED) is 0.735. The van der Waals surface area contributed by atoms with Gasteiger partial charge in [-0.3, -0.25) is 0 Å². The summed E-state index contributed by atoms with van der Waals surface area (Å²) >= 11 is 7.56. The molecule has 3 heterocycles. The predicted octanol–water partition coefficient (Wildman–Crippen LogP) is 3.34. The molecule has 0 saturated carbocycles. The number of thiophene rings is 1. The van der Waals surface area contributed by atoms with Crippen molar-refractivity contribution in [2.24, 2.45) is 5.73 Å². The highest BCUT2D eigenvalue weighted by molar-refractivity contribution is 7.17. The maximum Gasteiger partial charge on any atom is 0.153 e. The normalized spacial score (nSPS) is 11.4. The molecule has 0 bridgehead atoms. The highest BCUT2D eigenvalue weighted by Gasteiger charge is 2.09. The molecule has 0 unspecified atom stereocenters. The monoisotopic (exact) mass is 288 g/mol. The van der Waals surface area contributed by atoms with Crippen LogP contribution in [0.15, 0.2) is 36.1 Å². The van der Waals surface area contributed by atoms with E-state index in [9.17, 15) is 0 Å². The van der Waals surface area contributed by atoms with E-state index in [0.29, 0.717) is 11.0 Å². The first kappa shape index (κ1) is 12.1. The first-order valence-corrected chi connectivity index (χ1v) is 6.78. The Labute approximate surface area is 118 Å². The smallest absolute Gasteiger partial charge is 0.153 e. The number of nitrogens with zero attached hydrogens (tertiary/aromatic N) is 3. The summed E-state index contributed by atoms with van der Waals surface area (Å²) in [4.78, 5) is 12.8. The van der Waals surface area contributed by atoms with Crippen LogP contribution in [0.25, 0.3) is 27.4 Å². The number of nitrogens with two attached hydrogens (primary N) is 1. The Hall–Kier alpha value is -1.98. The van der Waals surface area contributed by atoms with E-state index in [0.717, 1.165) is 21.3 Å². The van der Waals surface area contributed by atoms with Crippen LogP contribution < -0.4 is 5.73 Å². The first-order valence-electron chi connectivity index (χ1n) is 5.52. The Balaban J connectivity index is 2.10. The molecule has 0 aliphatic carbocycles. The third-order valence-electron chi connectivity index (χ3n) is 2.61. The summed E-state index contributed by atoms with van der Waals surface area (Å²) in [6.07, 6.45) is 6.57. The summed E-state index contributed by atoms with van der Waals surface area (Å²) in [6, 6.07) is 3.75. The number of aromatic nitrogens is 3. The molecule has 6 heteroatoms. The van der Waals surface area contributed by atoms with E-state index in [1.807, 2.05) is 11.4 Å². The van der Waals surface area contributed by atoms with Gasteiger partial charge in [0.1, 0.15) is 5.15 Å². The summed E-state index contributed by atoms with van der Waals surface area (Å²) in [5.41, 5.74) is 8.08. The highest BCUT2D eigenvalue weighted by atomic mass is 35.5. The molecule has 0 saturated heterocycles. The largest absolute Gasteiger partial charge is 0.404 e. The predicted molar refractivity (Wildman–Crippen MR) is 78.9 cm³/mol. The summed E-state index contributed by atoms with van der Waals surface area (Å²) in [5, 5.41) is 2.52. The van der Waals surface area contributed by atoms with Crippen molar-refractivity contribution < 1.29 is 0 Å². The van der Waals surface area contributed by atoms with Gasteiger partial charge in [0, 0.05) is 28.9 Å². The average Bonchev–Trinajstić information content (AvgIpc) is 2.83. The fourth-order valence-electron chi connectivity index (χ4n) is 1.74. The first-order chi connectivity index (χ1) is 9.28. The number of hydrogen-bond donors (Lipinski definition) is 1. The highest BCUT2D eigenvalue weighted by Crippen LogP contribution is 2.32. The van der Waals surface area contributed by atoms with Crippen molar-refractivity contribution in [1.29, 1.82) is 0 Å². The molecule has 3 aromatic heterocycles. The molecule has 3 rings (SSSR count). The molecular weight excluding hydrogens is 280 g/mol. The third-order valence-corrected chi connectivity index (χ3v) is 3.76. The van der Waals surface area contributed by atoms with E-state index in [2.05, 4.69) is 15.0 Å². The molecule has 0 fully saturated rings. The molecule has 0 aliphatic rings. The van der Waals surface area contributed by atoms with E-state index >= 15 is 0 Å². The molecular formula is C13H9ClN4S. The van der Waals surface area contributed by atoms with Gasteiger partial charge in [0.15, 0.2) is 5.82 Å². The second kappa shape index (κ2) is 4.95. The number of pyridine rings is 1. The van der Waals surface area contributed by atoms with Crippen molar-refractivity contribution in [1.82, 2.24) is 15.0 Å². The number of fused-ring (bicyclic) bond motifs is 1. The van der Waals surface area contributed by atoms with Gasteiger partial charge < -0.3 is 5.73 Å². The molecule has 19 heavy (non-hydrogen) atoms. The number of hydrogen-bond acceptors (Lipinski definition) is 5. The van der Waals surface area contributed by atoms with Crippen molar-refractivity contribution in [2.75, 3.05) is 0 Å². The lowest BCUT2D eigenvalue weighted by Gasteiger charge is -1.99. The lowest BCUT2D eigenvalue weighted by atomic mass is 10.1. The van der Waals surface area contributed by atoms with Crippen LogP contribution in [0.1, 0.15) is 5.82 Å². The molecule has 0 amide bonds. The minimum Gasteiger partial charge on any atom is -0.404 e. The zero-order valence-corrected chi connectivity index (χ0v) is 11.3. The van der Waals surface area contributed by atoms with E-state index in [4.69, 9.17) is 17.3 Å². The van der Waals surface area contributed by atoms with Gasteiger partial charge >= 0.3 is 0 Å². The number of halogens is 1. The van der Waals surface area contributed by atoms with Crippen molar-refractivity contribution in [3.05, 3.63) is 47.1 Å². The van der Waals surface area contributed by atoms with Crippen LogP contribution in [-0.4, -0.2) is 15.0 Å². The van der Waals surface area contributed by atoms with Crippen LogP contribution in [0.4, 0.5) is 0 Å². The van der Waals surface area contributed by atoms with Crippen molar-refractivity contribution in [3.8, 4) is 11.1 Å². The SMILES string of the molecule is N/C=C\c1ncc(-c2csc3ccc(Cl)nc23)cn1. The average molecular weight is 289 g/mol. The van der Waals surface area contributed by atoms with Crippen molar-refractivity contribution in [3.63, 3.8) is 0 Å². The van der Waals surface area contributed by atoms with E-state index in [1.165, 1.54) is 6.20 Å². The van der Waals surface area contributed by atoms with Crippen LogP contribution in [-0.2, 0) is 0 Å². The van der Waals surface area contributed by atoms with Gasteiger partial charge in [-0.25, -0.2) is 15.0 Å². The zero-order valence-electron chi connectivity index (χ0n) is 9.75. The Bertz CT molecular complexity index is 749. The van der Waals surface area contributed by atoms with Crippen LogP contribution in [0.2, 0.25) is 5.15 Å². The van der Waals surface area contributed by atoms with Crippen LogP contribution >= 0.6 is 22.9 Å². The molecule has 0 atom stereocenters. The molecule has 0 aliphatic heterocycles. The molecule has 0 spiro atoms. The summed E-state index contributed by atoms with van der Waals surface area (Å²) in [5.74, 6) is 0.580. The summed E-state index contributed by atoms with van der Waals surface area (Å²) in [6.45, 7) is 0. The minimum atomic E-state index is 0.482. The Morgan fingerprint density at radius 2 is 2.00 bits per heavy atom. The maximum absolute atomic E-state index is 5.94. The minimum absolute atomic E-state index is 0.482. The van der Waals surface area contributed by atoms with Crippen molar-refractivity contribution >= 4 is 39.2 Å². The molecule has 0 aromatic carbocycles. The van der Waals surface area contributed by atoms with Gasteiger partial charge in [-0.15, -0.1) is 11.3 Å². The van der Waals surface area contributed by atoms with E-state index < -0.39 is 0 Å². The molecule has 3 aromatic rings. The molecule has 94 valence electrons. The van der Waals surface area contributed by atoms with Gasteiger partial charge in [-0.05, 0) is 24.4 Å². The van der Waals surface area contributed by atoms with Crippen LogP contribution in [0.3, 0.4) is 0 Å². The van der Waals surface area contributed by atoms with Crippen LogP contribution in [0, 0.1) is 0 Å².